The molecule has 1 aliphatic heterocycles. The topological polar surface area (TPSA) is 62.3 Å². The lowest BCUT2D eigenvalue weighted by atomic mass is 10.1. The fourth-order valence-corrected chi connectivity index (χ4v) is 4.17. The predicted molar refractivity (Wildman–Crippen MR) is 114 cm³/mol. The minimum Gasteiger partial charge on any atom is -0.337 e. The zero-order valence-corrected chi connectivity index (χ0v) is 16.5. The number of benzene rings is 2. The fraction of sp³-hybridized carbons (Fsp3) is 0.227. The Labute approximate surface area is 168 Å². The molecule has 2 heterocycles. The second-order valence-electron chi connectivity index (χ2n) is 6.78. The number of nitrogens with one attached hydrogen (secondary N) is 1. The average molecular weight is 391 g/mol. The van der Waals surface area contributed by atoms with Crippen molar-refractivity contribution in [2.24, 2.45) is 0 Å². The summed E-state index contributed by atoms with van der Waals surface area (Å²) in [6.45, 7) is 3.47. The molecule has 2 amide bonds. The number of fused-ring (bicyclic) bond motifs is 1. The van der Waals surface area contributed by atoms with Crippen molar-refractivity contribution in [2.75, 3.05) is 29.9 Å². The molecule has 28 heavy (non-hydrogen) atoms. The summed E-state index contributed by atoms with van der Waals surface area (Å²) in [5.74, 6) is 1.76. The third-order valence-corrected chi connectivity index (χ3v) is 5.79. The average Bonchev–Trinajstić information content (AvgIpc) is 2.74. The minimum absolute atomic E-state index is 0.0532. The monoisotopic (exact) mass is 391 g/mol. The number of aryl methyl sites for hydroxylation is 1. The first-order chi connectivity index (χ1) is 13.6. The van der Waals surface area contributed by atoms with Crippen LogP contribution in [0.1, 0.15) is 26.4 Å². The number of aromatic nitrogens is 1. The van der Waals surface area contributed by atoms with Crippen molar-refractivity contribution in [2.45, 2.75) is 6.92 Å². The number of para-hydroxylation sites is 1. The normalized spacial score (nSPS) is 14.1. The maximum Gasteiger partial charge on any atom is 0.274 e. The molecule has 0 saturated carbocycles. The van der Waals surface area contributed by atoms with Crippen molar-refractivity contribution in [1.29, 1.82) is 0 Å². The van der Waals surface area contributed by atoms with Gasteiger partial charge < -0.3 is 10.2 Å². The standard InChI is InChI=1S/C22H21N3O2S/c1-15-14-17(22(27)25-10-12-28-13-11-25)7-8-18(15)24-21(26)20-9-6-16-4-2-3-5-19(16)23-20/h2-9,14H,10-13H2,1H3,(H,24,26). The number of amides is 2. The third kappa shape index (κ3) is 3.87. The van der Waals surface area contributed by atoms with Crippen LogP contribution >= 0.6 is 11.8 Å². The number of nitrogens with zero attached hydrogens (tertiary/aromatic N) is 2. The Morgan fingerprint density at radius 3 is 2.61 bits per heavy atom. The summed E-state index contributed by atoms with van der Waals surface area (Å²) < 4.78 is 0. The van der Waals surface area contributed by atoms with E-state index in [1.54, 1.807) is 18.2 Å². The molecule has 0 unspecified atom stereocenters. The highest BCUT2D eigenvalue weighted by molar-refractivity contribution is 7.99. The molecule has 0 atom stereocenters. The summed E-state index contributed by atoms with van der Waals surface area (Å²) in [5.41, 5.74) is 3.35. The van der Waals surface area contributed by atoms with Gasteiger partial charge in [-0.1, -0.05) is 24.3 Å². The van der Waals surface area contributed by atoms with E-state index in [1.807, 2.05) is 60.0 Å². The van der Waals surface area contributed by atoms with Gasteiger partial charge in [-0.3, -0.25) is 9.59 Å². The van der Waals surface area contributed by atoms with Crippen LogP contribution in [0.5, 0.6) is 0 Å². The van der Waals surface area contributed by atoms with Crippen molar-refractivity contribution in [1.82, 2.24) is 9.88 Å². The molecule has 0 radical (unpaired) electrons. The van der Waals surface area contributed by atoms with Crippen molar-refractivity contribution < 1.29 is 9.59 Å². The highest BCUT2D eigenvalue weighted by Crippen LogP contribution is 2.20. The molecular weight excluding hydrogens is 370 g/mol. The van der Waals surface area contributed by atoms with Gasteiger partial charge in [-0.2, -0.15) is 11.8 Å². The van der Waals surface area contributed by atoms with Crippen molar-refractivity contribution >= 4 is 40.2 Å². The van der Waals surface area contributed by atoms with Gasteiger partial charge in [0, 0.05) is 41.2 Å². The maximum atomic E-state index is 12.7. The summed E-state index contributed by atoms with van der Waals surface area (Å²) in [4.78, 5) is 31.6. The Hall–Kier alpha value is -2.86. The molecule has 5 nitrogen and oxygen atoms in total. The number of pyridine rings is 1. The summed E-state index contributed by atoms with van der Waals surface area (Å²) in [6.07, 6.45) is 0. The number of hydrogen-bond donors (Lipinski definition) is 1. The highest BCUT2D eigenvalue weighted by Gasteiger charge is 2.19. The zero-order valence-electron chi connectivity index (χ0n) is 15.6. The van der Waals surface area contributed by atoms with Crippen LogP contribution in [0.15, 0.2) is 54.6 Å². The lowest BCUT2D eigenvalue weighted by molar-refractivity contribution is 0.0772. The SMILES string of the molecule is Cc1cc(C(=O)N2CCSCC2)ccc1NC(=O)c1ccc2ccccc2n1. The summed E-state index contributed by atoms with van der Waals surface area (Å²) in [5, 5.41) is 3.90. The number of anilines is 1. The van der Waals surface area contributed by atoms with Gasteiger partial charge >= 0.3 is 0 Å². The first-order valence-electron chi connectivity index (χ1n) is 9.26. The van der Waals surface area contributed by atoms with Crippen molar-refractivity contribution in [3.8, 4) is 0 Å². The van der Waals surface area contributed by atoms with Gasteiger partial charge in [-0.15, -0.1) is 0 Å². The number of rotatable bonds is 3. The Balaban J connectivity index is 1.51. The van der Waals surface area contributed by atoms with E-state index in [2.05, 4.69) is 10.3 Å². The molecule has 1 aromatic heterocycles. The van der Waals surface area contributed by atoms with Gasteiger partial charge in [0.05, 0.1) is 5.52 Å². The second kappa shape index (κ2) is 8.02. The molecule has 0 bridgehead atoms. The number of carbonyl (C=O) groups excluding carboxylic acids is 2. The first kappa shape index (κ1) is 18.5. The van der Waals surface area contributed by atoms with Gasteiger partial charge in [-0.05, 0) is 42.8 Å². The van der Waals surface area contributed by atoms with E-state index >= 15 is 0 Å². The van der Waals surface area contributed by atoms with E-state index in [0.29, 0.717) is 16.9 Å². The molecule has 1 fully saturated rings. The van der Waals surface area contributed by atoms with Gasteiger partial charge in [-0.25, -0.2) is 4.98 Å². The predicted octanol–water partition coefficient (Wildman–Crippen LogP) is 3.98. The smallest absolute Gasteiger partial charge is 0.274 e. The molecular formula is C22H21N3O2S. The molecule has 3 aromatic rings. The van der Waals surface area contributed by atoms with E-state index in [9.17, 15) is 9.59 Å². The van der Waals surface area contributed by atoms with Gasteiger partial charge in [0.15, 0.2) is 0 Å². The number of thioether (sulfide) groups is 1. The Kier molecular flexibility index (Phi) is 5.30. The molecule has 0 spiro atoms. The molecule has 0 aliphatic carbocycles. The van der Waals surface area contributed by atoms with Crippen molar-refractivity contribution in [3.63, 3.8) is 0 Å². The van der Waals surface area contributed by atoms with Crippen LogP contribution in [-0.4, -0.2) is 46.3 Å². The first-order valence-corrected chi connectivity index (χ1v) is 10.4. The van der Waals surface area contributed by atoms with Gasteiger partial charge in [0.1, 0.15) is 5.69 Å². The fourth-order valence-electron chi connectivity index (χ4n) is 3.26. The van der Waals surface area contributed by atoms with E-state index in [-0.39, 0.29) is 11.8 Å². The van der Waals surface area contributed by atoms with Gasteiger partial charge in [0.2, 0.25) is 0 Å². The van der Waals surface area contributed by atoms with E-state index in [1.165, 1.54) is 0 Å². The maximum absolute atomic E-state index is 12.7. The third-order valence-electron chi connectivity index (χ3n) is 4.85. The van der Waals surface area contributed by atoms with E-state index in [0.717, 1.165) is 41.1 Å². The van der Waals surface area contributed by atoms with Crippen LogP contribution in [0.25, 0.3) is 10.9 Å². The molecule has 1 N–H and O–H groups in total. The van der Waals surface area contributed by atoms with Crippen LogP contribution in [0.3, 0.4) is 0 Å². The second-order valence-corrected chi connectivity index (χ2v) is 8.00. The zero-order chi connectivity index (χ0) is 19.5. The number of hydrogen-bond acceptors (Lipinski definition) is 4. The molecule has 2 aromatic carbocycles. The Morgan fingerprint density at radius 1 is 1.04 bits per heavy atom. The summed E-state index contributed by atoms with van der Waals surface area (Å²) in [7, 11) is 0. The molecule has 6 heteroatoms. The largest absolute Gasteiger partial charge is 0.337 e. The van der Waals surface area contributed by atoms with E-state index in [4.69, 9.17) is 0 Å². The lowest BCUT2D eigenvalue weighted by Crippen LogP contribution is -2.37. The van der Waals surface area contributed by atoms with Crippen LogP contribution in [0.2, 0.25) is 0 Å². The van der Waals surface area contributed by atoms with Crippen LogP contribution in [0, 0.1) is 6.92 Å². The molecule has 142 valence electrons. The van der Waals surface area contributed by atoms with Gasteiger partial charge in [0.25, 0.3) is 11.8 Å². The quantitative estimate of drug-likeness (QED) is 0.733. The van der Waals surface area contributed by atoms with E-state index < -0.39 is 0 Å². The highest BCUT2D eigenvalue weighted by atomic mass is 32.2. The molecule has 1 saturated heterocycles. The number of carbonyl (C=O) groups is 2. The summed E-state index contributed by atoms with van der Waals surface area (Å²) >= 11 is 1.87. The molecule has 1 aliphatic rings. The van der Waals surface area contributed by atoms with Crippen LogP contribution < -0.4 is 5.32 Å². The Morgan fingerprint density at radius 2 is 1.82 bits per heavy atom. The summed E-state index contributed by atoms with van der Waals surface area (Å²) in [6, 6.07) is 16.7. The Bertz CT molecular complexity index is 1040. The molecule has 4 rings (SSSR count). The lowest BCUT2D eigenvalue weighted by Gasteiger charge is -2.26. The minimum atomic E-state index is -0.263. The van der Waals surface area contributed by atoms with Crippen LogP contribution in [0.4, 0.5) is 5.69 Å². The van der Waals surface area contributed by atoms with Crippen LogP contribution in [-0.2, 0) is 0 Å². The van der Waals surface area contributed by atoms with Crippen molar-refractivity contribution in [3.05, 3.63) is 71.4 Å².